The van der Waals surface area contributed by atoms with Crippen LogP contribution in [0.15, 0.2) is 41.3 Å². The van der Waals surface area contributed by atoms with Crippen molar-refractivity contribution in [1.82, 2.24) is 9.21 Å². The summed E-state index contributed by atoms with van der Waals surface area (Å²) in [5, 5.41) is 2.89. The molecule has 3 amide bonds. The van der Waals surface area contributed by atoms with Crippen LogP contribution in [0.25, 0.3) is 0 Å². The van der Waals surface area contributed by atoms with Crippen LogP contribution in [0.3, 0.4) is 0 Å². The molecule has 0 aliphatic carbocycles. The summed E-state index contributed by atoms with van der Waals surface area (Å²) in [5.74, 6) is -1.85. The molecule has 0 saturated heterocycles. The van der Waals surface area contributed by atoms with Gasteiger partial charge in [-0.05, 0) is 18.2 Å². The molecule has 0 atom stereocenters. The van der Waals surface area contributed by atoms with Crippen molar-refractivity contribution in [2.75, 3.05) is 39.7 Å². The Balaban J connectivity index is 1.73. The minimum Gasteiger partial charge on any atom is -0.493 e. The first-order chi connectivity index (χ1) is 15.1. The Morgan fingerprint density at radius 1 is 1.12 bits per heavy atom. The van der Waals surface area contributed by atoms with E-state index in [1.165, 1.54) is 33.4 Å². The van der Waals surface area contributed by atoms with Crippen molar-refractivity contribution < 1.29 is 32.3 Å². The summed E-state index contributed by atoms with van der Waals surface area (Å²) >= 11 is 5.99. The molecule has 170 valence electrons. The lowest BCUT2D eigenvalue weighted by atomic mass is 10.2. The number of hydrogen-bond acceptors (Lipinski definition) is 7. The van der Waals surface area contributed by atoms with Gasteiger partial charge < -0.3 is 19.7 Å². The normalized spacial score (nSPS) is 14.0. The lowest BCUT2D eigenvalue weighted by Crippen LogP contribution is -2.43. The van der Waals surface area contributed by atoms with Gasteiger partial charge in [0.2, 0.25) is 11.8 Å². The van der Waals surface area contributed by atoms with E-state index in [0.29, 0.717) is 15.0 Å². The molecule has 1 heterocycles. The molecule has 0 spiro atoms. The molecule has 1 aliphatic rings. The number of carbonyl (C=O) groups is 3. The van der Waals surface area contributed by atoms with E-state index in [1.54, 1.807) is 24.3 Å². The molecule has 2 aromatic carbocycles. The van der Waals surface area contributed by atoms with E-state index in [0.717, 1.165) is 4.90 Å². The number of amides is 3. The molecule has 3 rings (SSSR count). The molecular weight excluding hydrogens is 462 g/mol. The SMILES string of the molecule is COc1cc2c(cc1OC)S(=O)(=O)N(CC(=O)N(C)CC(=O)Nc1ccccc1Cl)C2=O. The van der Waals surface area contributed by atoms with Gasteiger partial charge in [-0.15, -0.1) is 0 Å². The molecule has 0 saturated carbocycles. The van der Waals surface area contributed by atoms with Crippen molar-refractivity contribution in [3.63, 3.8) is 0 Å². The molecule has 2 aromatic rings. The van der Waals surface area contributed by atoms with Crippen LogP contribution in [0, 0.1) is 0 Å². The minimum atomic E-state index is -4.28. The summed E-state index contributed by atoms with van der Waals surface area (Å²) in [5.41, 5.74) is 0.241. The summed E-state index contributed by atoms with van der Waals surface area (Å²) in [6.45, 7) is -1.14. The lowest BCUT2D eigenvalue weighted by molar-refractivity contribution is -0.133. The Kier molecular flexibility index (Phi) is 6.60. The summed E-state index contributed by atoms with van der Waals surface area (Å²) in [7, 11) is -0.281. The molecule has 1 aliphatic heterocycles. The first-order valence-electron chi connectivity index (χ1n) is 9.21. The maximum absolute atomic E-state index is 12.9. The van der Waals surface area contributed by atoms with Gasteiger partial charge in [0.05, 0.1) is 37.0 Å². The maximum Gasteiger partial charge on any atom is 0.269 e. The van der Waals surface area contributed by atoms with Crippen molar-refractivity contribution in [3.05, 3.63) is 47.0 Å². The van der Waals surface area contributed by atoms with Crippen molar-refractivity contribution in [3.8, 4) is 11.5 Å². The van der Waals surface area contributed by atoms with Gasteiger partial charge in [-0.2, -0.15) is 0 Å². The summed E-state index contributed by atoms with van der Waals surface area (Å²) in [4.78, 5) is 38.3. The number of ether oxygens (including phenoxy) is 2. The Labute approximate surface area is 189 Å². The highest BCUT2D eigenvalue weighted by Gasteiger charge is 2.43. The van der Waals surface area contributed by atoms with Crippen molar-refractivity contribution in [1.29, 1.82) is 0 Å². The van der Waals surface area contributed by atoms with Crippen LogP contribution < -0.4 is 14.8 Å². The Hall–Kier alpha value is -3.31. The first kappa shape index (κ1) is 23.4. The number of halogens is 1. The van der Waals surface area contributed by atoms with Gasteiger partial charge in [0.25, 0.3) is 15.9 Å². The lowest BCUT2D eigenvalue weighted by Gasteiger charge is -2.20. The van der Waals surface area contributed by atoms with Crippen LogP contribution in [-0.4, -0.2) is 69.7 Å². The van der Waals surface area contributed by atoms with Crippen LogP contribution in [0.5, 0.6) is 11.5 Å². The number of likely N-dealkylation sites (N-methyl/N-ethyl adjacent to an activating group) is 1. The highest BCUT2D eigenvalue weighted by atomic mass is 35.5. The number of nitrogens with one attached hydrogen (secondary N) is 1. The fourth-order valence-electron chi connectivity index (χ4n) is 3.06. The molecule has 10 nitrogen and oxygen atoms in total. The average Bonchev–Trinajstić information content (AvgIpc) is 2.94. The molecular formula is C20H20ClN3O7S. The van der Waals surface area contributed by atoms with Crippen LogP contribution in [0.2, 0.25) is 5.02 Å². The van der Waals surface area contributed by atoms with E-state index in [4.69, 9.17) is 21.1 Å². The predicted octanol–water partition coefficient (Wildman–Crippen LogP) is 1.60. The van der Waals surface area contributed by atoms with Gasteiger partial charge >= 0.3 is 0 Å². The smallest absolute Gasteiger partial charge is 0.269 e. The van der Waals surface area contributed by atoms with E-state index in [1.807, 2.05) is 0 Å². The van der Waals surface area contributed by atoms with E-state index in [2.05, 4.69) is 5.32 Å². The van der Waals surface area contributed by atoms with Crippen LogP contribution >= 0.6 is 11.6 Å². The van der Waals surface area contributed by atoms with Crippen LogP contribution in [-0.2, 0) is 19.6 Å². The first-order valence-corrected chi connectivity index (χ1v) is 11.0. The Morgan fingerprint density at radius 3 is 2.38 bits per heavy atom. The molecule has 0 radical (unpaired) electrons. The average molecular weight is 482 g/mol. The van der Waals surface area contributed by atoms with Crippen molar-refractivity contribution in [2.24, 2.45) is 0 Å². The van der Waals surface area contributed by atoms with Gasteiger partial charge in [0, 0.05) is 13.1 Å². The molecule has 0 unspecified atom stereocenters. The highest BCUT2D eigenvalue weighted by Crippen LogP contribution is 2.38. The molecule has 12 heteroatoms. The number of sulfonamides is 1. The highest BCUT2D eigenvalue weighted by molar-refractivity contribution is 7.90. The standard InChI is InChI=1S/C20H20ClN3O7S/c1-23(10-18(25)22-14-7-5-4-6-13(14)21)19(26)11-24-20(27)12-8-15(30-2)16(31-3)9-17(12)32(24,28)29/h4-9H,10-11H2,1-3H3,(H,22,25). The van der Waals surface area contributed by atoms with Gasteiger partial charge in [-0.3, -0.25) is 14.4 Å². The minimum absolute atomic E-state index is 0.129. The van der Waals surface area contributed by atoms with Gasteiger partial charge in [-0.25, -0.2) is 12.7 Å². The molecule has 0 aromatic heterocycles. The quantitative estimate of drug-likeness (QED) is 0.637. The third-order valence-electron chi connectivity index (χ3n) is 4.74. The van der Waals surface area contributed by atoms with E-state index in [9.17, 15) is 22.8 Å². The second kappa shape index (κ2) is 9.05. The summed E-state index contributed by atoms with van der Waals surface area (Å²) in [6, 6.07) is 8.99. The van der Waals surface area contributed by atoms with Gasteiger partial charge in [0.1, 0.15) is 11.4 Å². The van der Waals surface area contributed by atoms with Crippen LogP contribution in [0.1, 0.15) is 10.4 Å². The molecule has 1 N–H and O–H groups in total. The Morgan fingerprint density at radius 2 is 1.75 bits per heavy atom. The number of anilines is 1. The van der Waals surface area contributed by atoms with Crippen molar-refractivity contribution in [2.45, 2.75) is 4.90 Å². The van der Waals surface area contributed by atoms with E-state index in [-0.39, 0.29) is 28.5 Å². The van der Waals surface area contributed by atoms with E-state index >= 15 is 0 Å². The summed E-state index contributed by atoms with van der Waals surface area (Å²) < 4.78 is 36.4. The Bertz CT molecular complexity index is 1200. The van der Waals surface area contributed by atoms with Crippen molar-refractivity contribution >= 4 is 45.0 Å². The number of methoxy groups -OCH3 is 2. The maximum atomic E-state index is 12.9. The van der Waals surface area contributed by atoms with Crippen LogP contribution in [0.4, 0.5) is 5.69 Å². The molecule has 0 bridgehead atoms. The number of carbonyl (C=O) groups excluding carboxylic acids is 3. The second-order valence-corrected chi connectivity index (χ2v) is 9.04. The number of para-hydroxylation sites is 1. The zero-order valence-corrected chi connectivity index (χ0v) is 19.0. The third-order valence-corrected chi connectivity index (χ3v) is 6.84. The number of nitrogens with zero attached hydrogens (tertiary/aromatic N) is 2. The molecule has 32 heavy (non-hydrogen) atoms. The number of fused-ring (bicyclic) bond motifs is 1. The second-order valence-electron chi connectivity index (χ2n) is 6.80. The predicted molar refractivity (Wildman–Crippen MR) is 115 cm³/mol. The van der Waals surface area contributed by atoms with E-state index < -0.39 is 34.3 Å². The zero-order chi connectivity index (χ0) is 23.6. The number of benzene rings is 2. The topological polar surface area (TPSA) is 122 Å². The fraction of sp³-hybridized carbons (Fsp3) is 0.250. The largest absolute Gasteiger partial charge is 0.493 e. The fourth-order valence-corrected chi connectivity index (χ4v) is 4.76. The number of hydrogen-bond donors (Lipinski definition) is 1. The number of rotatable bonds is 7. The third kappa shape index (κ3) is 4.34. The van der Waals surface area contributed by atoms with Gasteiger partial charge in [0.15, 0.2) is 11.5 Å². The summed E-state index contributed by atoms with van der Waals surface area (Å²) in [6.07, 6.45) is 0. The zero-order valence-electron chi connectivity index (χ0n) is 17.4. The monoisotopic (exact) mass is 481 g/mol. The van der Waals surface area contributed by atoms with Gasteiger partial charge in [-0.1, -0.05) is 23.7 Å². The molecule has 0 fully saturated rings.